The second kappa shape index (κ2) is 4.86. The van der Waals surface area contributed by atoms with Gasteiger partial charge in [0.1, 0.15) is 0 Å². The fourth-order valence-electron chi connectivity index (χ4n) is 2.74. The van der Waals surface area contributed by atoms with E-state index in [9.17, 15) is 4.79 Å². The first-order chi connectivity index (χ1) is 7.35. The summed E-state index contributed by atoms with van der Waals surface area (Å²) < 4.78 is 0. The van der Waals surface area contributed by atoms with Gasteiger partial charge in [0.15, 0.2) is 0 Å². The lowest BCUT2D eigenvalue weighted by molar-refractivity contribution is -0.137. The standard InChI is InChI=1S/C14H22O2/c1-10(2)12-6-5-11(3)9-14(12,4)8-7-13(15)16/h5-6,9-10,12H,7-8H2,1-4H3,(H,15,16). The Kier molecular flexibility index (Phi) is 3.95. The quantitative estimate of drug-likeness (QED) is 0.788. The molecule has 0 aromatic heterocycles. The first-order valence-electron chi connectivity index (χ1n) is 5.94. The van der Waals surface area contributed by atoms with Crippen LogP contribution in [0.15, 0.2) is 23.8 Å². The van der Waals surface area contributed by atoms with E-state index >= 15 is 0 Å². The Morgan fingerprint density at radius 1 is 1.56 bits per heavy atom. The molecule has 2 heteroatoms. The average molecular weight is 222 g/mol. The van der Waals surface area contributed by atoms with Crippen molar-refractivity contribution in [1.29, 1.82) is 0 Å². The molecular weight excluding hydrogens is 200 g/mol. The summed E-state index contributed by atoms with van der Waals surface area (Å²) in [5.74, 6) is 0.277. The third-order valence-electron chi connectivity index (χ3n) is 3.48. The van der Waals surface area contributed by atoms with Crippen molar-refractivity contribution in [3.63, 3.8) is 0 Å². The molecule has 1 rings (SSSR count). The van der Waals surface area contributed by atoms with Crippen LogP contribution < -0.4 is 0 Å². The van der Waals surface area contributed by atoms with Crippen LogP contribution in [0, 0.1) is 17.3 Å². The van der Waals surface area contributed by atoms with Gasteiger partial charge < -0.3 is 5.11 Å². The molecular formula is C14H22O2. The van der Waals surface area contributed by atoms with Crippen LogP contribution in [0.4, 0.5) is 0 Å². The van der Waals surface area contributed by atoms with Crippen molar-refractivity contribution in [2.45, 2.75) is 40.5 Å². The van der Waals surface area contributed by atoms with Crippen LogP contribution >= 0.6 is 0 Å². The number of allylic oxidation sites excluding steroid dienone is 4. The monoisotopic (exact) mass is 222 g/mol. The van der Waals surface area contributed by atoms with E-state index in [0.717, 1.165) is 0 Å². The molecule has 2 atom stereocenters. The molecule has 0 saturated carbocycles. The highest BCUT2D eigenvalue weighted by atomic mass is 16.4. The van der Waals surface area contributed by atoms with Crippen molar-refractivity contribution in [2.75, 3.05) is 0 Å². The van der Waals surface area contributed by atoms with Crippen molar-refractivity contribution in [1.82, 2.24) is 0 Å². The van der Waals surface area contributed by atoms with Gasteiger partial charge in [0.05, 0.1) is 0 Å². The molecule has 2 nitrogen and oxygen atoms in total. The van der Waals surface area contributed by atoms with Gasteiger partial charge in [-0.15, -0.1) is 0 Å². The molecule has 16 heavy (non-hydrogen) atoms. The minimum Gasteiger partial charge on any atom is -0.481 e. The van der Waals surface area contributed by atoms with Crippen molar-refractivity contribution in [2.24, 2.45) is 17.3 Å². The Balaban J connectivity index is 2.86. The summed E-state index contributed by atoms with van der Waals surface area (Å²) in [5, 5.41) is 8.81. The summed E-state index contributed by atoms with van der Waals surface area (Å²) in [5.41, 5.74) is 1.23. The van der Waals surface area contributed by atoms with Crippen LogP contribution in [0.5, 0.6) is 0 Å². The minimum atomic E-state index is -0.704. The van der Waals surface area contributed by atoms with Gasteiger partial charge in [0, 0.05) is 6.42 Å². The molecule has 1 aliphatic carbocycles. The predicted octanol–water partition coefficient (Wildman–Crippen LogP) is 3.65. The van der Waals surface area contributed by atoms with Crippen LogP contribution in [0.3, 0.4) is 0 Å². The summed E-state index contributed by atoms with van der Waals surface area (Å²) in [6, 6.07) is 0. The molecule has 2 unspecified atom stereocenters. The first kappa shape index (κ1) is 13.0. The molecule has 0 saturated heterocycles. The van der Waals surface area contributed by atoms with Crippen LogP contribution in [0.25, 0.3) is 0 Å². The highest BCUT2D eigenvalue weighted by Crippen LogP contribution is 2.43. The highest BCUT2D eigenvalue weighted by molar-refractivity contribution is 5.66. The van der Waals surface area contributed by atoms with E-state index in [1.807, 2.05) is 0 Å². The normalized spacial score (nSPS) is 29.3. The van der Waals surface area contributed by atoms with Crippen molar-refractivity contribution >= 4 is 5.97 Å². The van der Waals surface area contributed by atoms with E-state index in [0.29, 0.717) is 18.3 Å². The van der Waals surface area contributed by atoms with Crippen molar-refractivity contribution < 1.29 is 9.90 Å². The molecule has 0 radical (unpaired) electrons. The zero-order valence-electron chi connectivity index (χ0n) is 10.7. The highest BCUT2D eigenvalue weighted by Gasteiger charge is 2.34. The summed E-state index contributed by atoms with van der Waals surface area (Å²) in [6.07, 6.45) is 7.58. The Morgan fingerprint density at radius 3 is 2.69 bits per heavy atom. The van der Waals surface area contributed by atoms with E-state index < -0.39 is 5.97 Å². The van der Waals surface area contributed by atoms with Crippen molar-refractivity contribution in [3.8, 4) is 0 Å². The summed E-state index contributed by atoms with van der Waals surface area (Å²) in [4.78, 5) is 10.7. The second-order valence-corrected chi connectivity index (χ2v) is 5.42. The van der Waals surface area contributed by atoms with Crippen LogP contribution in [0.1, 0.15) is 40.5 Å². The van der Waals surface area contributed by atoms with Crippen molar-refractivity contribution in [3.05, 3.63) is 23.8 Å². The van der Waals surface area contributed by atoms with Gasteiger partial charge in [0.25, 0.3) is 0 Å². The topological polar surface area (TPSA) is 37.3 Å². The number of carbonyl (C=O) groups is 1. The van der Waals surface area contributed by atoms with Crippen LogP contribution in [0.2, 0.25) is 0 Å². The number of hydrogen-bond acceptors (Lipinski definition) is 1. The van der Waals surface area contributed by atoms with Gasteiger partial charge in [-0.1, -0.05) is 44.6 Å². The zero-order valence-corrected chi connectivity index (χ0v) is 10.7. The number of aliphatic carboxylic acids is 1. The summed E-state index contributed by atoms with van der Waals surface area (Å²) in [6.45, 7) is 8.64. The lowest BCUT2D eigenvalue weighted by Gasteiger charge is -2.38. The fraction of sp³-hybridized carbons (Fsp3) is 0.643. The predicted molar refractivity (Wildman–Crippen MR) is 66.2 cm³/mol. The number of carboxylic acids is 1. The van der Waals surface area contributed by atoms with E-state index in [1.165, 1.54) is 5.57 Å². The molecule has 0 bridgehead atoms. The van der Waals surface area contributed by atoms with Gasteiger partial charge in [0.2, 0.25) is 0 Å². The molecule has 0 spiro atoms. The van der Waals surface area contributed by atoms with Gasteiger partial charge >= 0.3 is 5.97 Å². The molecule has 0 amide bonds. The van der Waals surface area contributed by atoms with Gasteiger partial charge in [-0.3, -0.25) is 4.79 Å². The average Bonchev–Trinajstić information content (AvgIpc) is 2.14. The number of rotatable bonds is 4. The lowest BCUT2D eigenvalue weighted by Crippen LogP contribution is -2.30. The van der Waals surface area contributed by atoms with E-state index in [-0.39, 0.29) is 11.8 Å². The smallest absolute Gasteiger partial charge is 0.303 e. The van der Waals surface area contributed by atoms with Gasteiger partial charge in [-0.05, 0) is 30.6 Å². The third-order valence-corrected chi connectivity index (χ3v) is 3.48. The molecule has 1 aliphatic rings. The van der Waals surface area contributed by atoms with E-state index in [4.69, 9.17) is 5.11 Å². The van der Waals surface area contributed by atoms with Gasteiger partial charge in [-0.25, -0.2) is 0 Å². The van der Waals surface area contributed by atoms with E-state index in [1.54, 1.807) is 0 Å². The first-order valence-corrected chi connectivity index (χ1v) is 5.94. The molecule has 0 fully saturated rings. The maximum Gasteiger partial charge on any atom is 0.303 e. The summed E-state index contributed by atoms with van der Waals surface area (Å²) >= 11 is 0. The molecule has 0 aromatic rings. The molecule has 0 aromatic carbocycles. The fourth-order valence-corrected chi connectivity index (χ4v) is 2.74. The summed E-state index contributed by atoms with van der Waals surface area (Å²) in [7, 11) is 0. The maximum absolute atomic E-state index is 10.7. The number of carboxylic acid groups (broad SMARTS) is 1. The number of hydrogen-bond donors (Lipinski definition) is 1. The Bertz CT molecular complexity index is 326. The molecule has 0 aliphatic heterocycles. The Hall–Kier alpha value is -1.05. The molecule has 90 valence electrons. The minimum absolute atomic E-state index is 0.00854. The van der Waals surface area contributed by atoms with Gasteiger partial charge in [-0.2, -0.15) is 0 Å². The zero-order chi connectivity index (χ0) is 12.3. The SMILES string of the molecule is CC1=CC(C)(CCC(=O)O)C(C(C)C)C=C1. The van der Waals surface area contributed by atoms with E-state index in [2.05, 4.69) is 45.9 Å². The third kappa shape index (κ3) is 2.97. The Labute approximate surface area is 98.1 Å². The molecule has 1 N–H and O–H groups in total. The largest absolute Gasteiger partial charge is 0.481 e. The Morgan fingerprint density at radius 2 is 2.19 bits per heavy atom. The maximum atomic E-state index is 10.7. The lowest BCUT2D eigenvalue weighted by atomic mass is 9.66. The second-order valence-electron chi connectivity index (χ2n) is 5.42. The molecule has 0 heterocycles. The van der Waals surface area contributed by atoms with Crippen LogP contribution in [-0.4, -0.2) is 11.1 Å². The van der Waals surface area contributed by atoms with Crippen LogP contribution in [-0.2, 0) is 4.79 Å².